The van der Waals surface area contributed by atoms with E-state index in [4.69, 9.17) is 0 Å². The Hall–Kier alpha value is -1.73. The Kier molecular flexibility index (Phi) is 5.99. The highest BCUT2D eigenvalue weighted by Crippen LogP contribution is 2.54. The first-order valence-corrected chi connectivity index (χ1v) is 12.9. The van der Waals surface area contributed by atoms with E-state index in [-0.39, 0.29) is 42.1 Å². The summed E-state index contributed by atoms with van der Waals surface area (Å²) >= 11 is -1.01. The molecule has 0 bridgehead atoms. The molecule has 0 saturated carbocycles. The van der Waals surface area contributed by atoms with Crippen molar-refractivity contribution in [1.29, 1.82) is 0 Å². The Morgan fingerprint density at radius 2 is 1.66 bits per heavy atom. The van der Waals surface area contributed by atoms with Gasteiger partial charge in [0, 0.05) is 37.2 Å². The van der Waals surface area contributed by atoms with Crippen molar-refractivity contribution in [2.45, 2.75) is 61.3 Å². The number of amides is 2. The van der Waals surface area contributed by atoms with Gasteiger partial charge in [-0.3, -0.25) is 0 Å². The van der Waals surface area contributed by atoms with Crippen molar-refractivity contribution in [1.82, 2.24) is 15.1 Å². The van der Waals surface area contributed by atoms with Gasteiger partial charge in [-0.15, -0.1) is 0 Å². The first-order chi connectivity index (χ1) is 16.3. The van der Waals surface area contributed by atoms with Crippen molar-refractivity contribution >= 4 is 17.2 Å². The van der Waals surface area contributed by atoms with Crippen LogP contribution in [-0.4, -0.2) is 82.0 Å². The van der Waals surface area contributed by atoms with Gasteiger partial charge in [0.1, 0.15) is 11.5 Å². The van der Waals surface area contributed by atoms with Crippen LogP contribution < -0.4 is 5.32 Å². The highest BCUT2D eigenvalue weighted by molar-refractivity contribution is 7.91. The van der Waals surface area contributed by atoms with Gasteiger partial charge < -0.3 is 19.7 Å². The molecule has 2 amide bonds. The molecule has 5 nitrogen and oxygen atoms in total. The zero-order valence-corrected chi connectivity index (χ0v) is 19.3. The van der Waals surface area contributed by atoms with E-state index < -0.39 is 34.8 Å². The van der Waals surface area contributed by atoms with Gasteiger partial charge in [-0.1, -0.05) is 18.2 Å². The number of piperazine rings is 1. The molecule has 3 saturated heterocycles. The largest absolute Gasteiger partial charge is 0.616 e. The first kappa shape index (κ1) is 24.9. The number of halogens is 7. The van der Waals surface area contributed by atoms with E-state index in [1.54, 1.807) is 9.80 Å². The summed E-state index contributed by atoms with van der Waals surface area (Å²) in [6, 6.07) is 1.79. The molecule has 3 aliphatic heterocycles. The van der Waals surface area contributed by atoms with E-state index in [1.165, 1.54) is 0 Å². The number of rotatable bonds is 1. The lowest BCUT2D eigenvalue weighted by Crippen LogP contribution is -2.62. The fourth-order valence-corrected chi connectivity index (χ4v) is 7.80. The van der Waals surface area contributed by atoms with Crippen LogP contribution in [0.3, 0.4) is 0 Å². The first-order valence-electron chi connectivity index (χ1n) is 11.4. The summed E-state index contributed by atoms with van der Waals surface area (Å²) in [5.41, 5.74) is -6.11. The average molecular weight is 528 g/mol. The normalized spacial score (nSPS) is 31.3. The number of hydrogen-bond donors (Lipinski definition) is 1. The molecule has 5 atom stereocenters. The van der Waals surface area contributed by atoms with Gasteiger partial charge in [0.25, 0.3) is 0 Å². The molecule has 35 heavy (non-hydrogen) atoms. The van der Waals surface area contributed by atoms with Crippen LogP contribution in [0.25, 0.3) is 0 Å². The van der Waals surface area contributed by atoms with Gasteiger partial charge in [0.05, 0.1) is 12.1 Å². The summed E-state index contributed by atoms with van der Waals surface area (Å²) in [6.07, 6.45) is -11.3. The Balaban J connectivity index is 1.39. The molecule has 3 heterocycles. The lowest BCUT2D eigenvalue weighted by Gasteiger charge is -2.41. The maximum absolute atomic E-state index is 14.5. The minimum atomic E-state index is -6.15. The van der Waals surface area contributed by atoms with Gasteiger partial charge in [-0.05, 0) is 41.6 Å². The van der Waals surface area contributed by atoms with Crippen molar-refractivity contribution in [3.63, 3.8) is 0 Å². The van der Waals surface area contributed by atoms with Gasteiger partial charge in [0.2, 0.25) is 0 Å². The molecule has 0 aromatic heterocycles. The predicted molar refractivity (Wildman–Crippen MR) is 113 cm³/mol. The van der Waals surface area contributed by atoms with E-state index in [1.807, 2.05) is 0 Å². The summed E-state index contributed by atoms with van der Waals surface area (Å²) < 4.78 is 106. The van der Waals surface area contributed by atoms with Gasteiger partial charge in [-0.25, -0.2) is 9.18 Å². The number of hydrogen-bond acceptors (Lipinski definition) is 3. The summed E-state index contributed by atoms with van der Waals surface area (Å²) in [4.78, 5) is 16.9. The molecular weight excluding hydrogens is 503 g/mol. The SMILES string of the molecule is O=C(N1CCNC2C[S+]([O-])CC21)N1CC[C@H]2c3ccc(C(F)(C(F)(F)F)C(F)(F)F)cc3CCC21. The van der Waals surface area contributed by atoms with E-state index in [2.05, 4.69) is 5.32 Å². The van der Waals surface area contributed by atoms with Crippen molar-refractivity contribution < 1.29 is 40.1 Å². The number of nitrogens with one attached hydrogen (secondary N) is 1. The summed E-state index contributed by atoms with van der Waals surface area (Å²) in [6.45, 7) is 1.46. The van der Waals surface area contributed by atoms with Crippen LogP contribution in [0.1, 0.15) is 35.4 Å². The van der Waals surface area contributed by atoms with Crippen molar-refractivity contribution in [2.75, 3.05) is 31.1 Å². The number of nitrogens with zero attached hydrogens (tertiary/aromatic N) is 2. The quantitative estimate of drug-likeness (QED) is 0.449. The molecule has 0 radical (unpaired) electrons. The molecule has 4 unspecified atom stereocenters. The third-order valence-electron chi connectivity index (χ3n) is 7.81. The van der Waals surface area contributed by atoms with Crippen molar-refractivity contribution in [3.8, 4) is 0 Å². The third-order valence-corrected chi connectivity index (χ3v) is 9.26. The number of urea groups is 1. The standard InChI is InChI=1S/C22H24F7N3O2S/c23-20(21(24,25)26,22(27,28)29)13-2-3-14-12(9-13)1-4-17-15(14)5-7-31(17)19(33)32-8-6-30-16-10-35(34)11-18(16)32/h2-3,9,15-18,30H,1,4-8,10-11H2/t15-,16?,17?,18?,35?/m0/s1. The summed E-state index contributed by atoms with van der Waals surface area (Å²) in [5, 5.41) is 3.30. The van der Waals surface area contributed by atoms with Crippen LogP contribution in [-0.2, 0) is 23.3 Å². The maximum Gasteiger partial charge on any atom is 0.435 e. The van der Waals surface area contributed by atoms with Crippen LogP contribution in [0.2, 0.25) is 0 Å². The number of alkyl halides is 7. The highest BCUT2D eigenvalue weighted by atomic mass is 32.2. The molecule has 5 rings (SSSR count). The molecule has 3 fully saturated rings. The highest BCUT2D eigenvalue weighted by Gasteiger charge is 2.73. The molecule has 1 aromatic carbocycles. The van der Waals surface area contributed by atoms with Crippen LogP contribution in [0.15, 0.2) is 18.2 Å². The second kappa shape index (κ2) is 8.41. The van der Waals surface area contributed by atoms with Crippen LogP contribution in [0.5, 0.6) is 0 Å². The molecule has 194 valence electrons. The van der Waals surface area contributed by atoms with Crippen LogP contribution >= 0.6 is 0 Å². The number of likely N-dealkylation sites (tertiary alicyclic amines) is 1. The number of aryl methyl sites for hydroxylation is 1. The lowest BCUT2D eigenvalue weighted by atomic mass is 9.77. The number of carbonyl (C=O) groups excluding carboxylic acids is 1. The fourth-order valence-electron chi connectivity index (χ4n) is 6.13. The van der Waals surface area contributed by atoms with Crippen molar-refractivity contribution in [2.24, 2.45) is 0 Å². The van der Waals surface area contributed by atoms with Crippen LogP contribution in [0, 0.1) is 0 Å². The van der Waals surface area contributed by atoms with E-state index in [9.17, 15) is 40.1 Å². The molecule has 1 N–H and O–H groups in total. The topological polar surface area (TPSA) is 58.6 Å². The molecule has 4 aliphatic rings. The van der Waals surface area contributed by atoms with Gasteiger partial charge in [0.15, 0.2) is 0 Å². The Morgan fingerprint density at radius 1 is 0.971 bits per heavy atom. The minimum Gasteiger partial charge on any atom is -0.616 e. The molecule has 0 spiro atoms. The minimum absolute atomic E-state index is 0.0272. The second-order valence-corrected chi connectivity index (χ2v) is 11.2. The van der Waals surface area contributed by atoms with Crippen molar-refractivity contribution in [3.05, 3.63) is 34.9 Å². The zero-order valence-electron chi connectivity index (χ0n) is 18.5. The Morgan fingerprint density at radius 3 is 2.34 bits per heavy atom. The van der Waals surface area contributed by atoms with Gasteiger partial charge in [-0.2, -0.15) is 26.3 Å². The fraction of sp³-hybridized carbons (Fsp3) is 0.682. The monoisotopic (exact) mass is 527 g/mol. The van der Waals surface area contributed by atoms with E-state index in [0.29, 0.717) is 61.7 Å². The second-order valence-electron chi connectivity index (χ2n) is 9.64. The number of benzene rings is 1. The smallest absolute Gasteiger partial charge is 0.435 e. The summed E-state index contributed by atoms with van der Waals surface area (Å²) in [7, 11) is 0. The Labute approximate surface area is 200 Å². The zero-order chi connectivity index (χ0) is 25.3. The van der Waals surface area contributed by atoms with Gasteiger partial charge >= 0.3 is 24.1 Å². The molecule has 1 aromatic rings. The maximum atomic E-state index is 14.5. The molecule has 1 aliphatic carbocycles. The Bertz CT molecular complexity index is 990. The van der Waals surface area contributed by atoms with E-state index in [0.717, 1.165) is 6.07 Å². The number of fused-ring (bicyclic) bond motifs is 4. The average Bonchev–Trinajstić information content (AvgIpc) is 3.38. The molecular formula is C22H24F7N3O2S. The van der Waals surface area contributed by atoms with E-state index >= 15 is 0 Å². The summed E-state index contributed by atoms with van der Waals surface area (Å²) in [5.74, 6) is 0.640. The molecule has 13 heteroatoms. The third kappa shape index (κ3) is 3.88. The number of carbonyl (C=O) groups is 1. The van der Waals surface area contributed by atoms with Crippen LogP contribution in [0.4, 0.5) is 35.5 Å². The lowest BCUT2D eigenvalue weighted by molar-refractivity contribution is -0.348. The predicted octanol–water partition coefficient (Wildman–Crippen LogP) is 3.60.